The van der Waals surface area contributed by atoms with Gasteiger partial charge in [-0.05, 0) is 0 Å². The van der Waals surface area contributed by atoms with Crippen molar-refractivity contribution in [2.45, 2.75) is 6.42 Å². The first-order valence-electron chi connectivity index (χ1n) is 4.79. The summed E-state index contributed by atoms with van der Waals surface area (Å²) in [5.74, 6) is -4.11. The smallest absolute Gasteiger partial charge is 0.194 e. The van der Waals surface area contributed by atoms with Gasteiger partial charge < -0.3 is 5.11 Å². The van der Waals surface area contributed by atoms with Crippen molar-refractivity contribution in [3.8, 4) is 5.69 Å². The minimum absolute atomic E-state index is 0.0260. The molecule has 7 heteroatoms. The Labute approximate surface area is 94.3 Å². The third kappa shape index (κ3) is 2.28. The Morgan fingerprint density at radius 3 is 2.41 bits per heavy atom. The van der Waals surface area contributed by atoms with E-state index in [4.69, 9.17) is 5.11 Å². The van der Waals surface area contributed by atoms with Crippen LogP contribution in [-0.4, -0.2) is 26.7 Å². The molecule has 4 nitrogen and oxygen atoms in total. The van der Waals surface area contributed by atoms with E-state index in [0.717, 1.165) is 16.8 Å². The number of aromatic nitrogens is 3. The van der Waals surface area contributed by atoms with Gasteiger partial charge in [-0.2, -0.15) is 0 Å². The second-order valence-electron chi connectivity index (χ2n) is 3.35. The van der Waals surface area contributed by atoms with Crippen molar-refractivity contribution in [3.63, 3.8) is 0 Å². The topological polar surface area (TPSA) is 50.9 Å². The number of aliphatic hydroxyl groups excluding tert-OH is 1. The summed E-state index contributed by atoms with van der Waals surface area (Å²) in [5.41, 5.74) is 0.496. The molecule has 90 valence electrons. The lowest BCUT2D eigenvalue weighted by molar-refractivity contribution is 0.298. The van der Waals surface area contributed by atoms with Gasteiger partial charge in [0.25, 0.3) is 0 Å². The number of nitrogens with zero attached hydrogens (tertiary/aromatic N) is 3. The van der Waals surface area contributed by atoms with Crippen molar-refractivity contribution in [1.29, 1.82) is 0 Å². The van der Waals surface area contributed by atoms with Gasteiger partial charge in [0.2, 0.25) is 0 Å². The van der Waals surface area contributed by atoms with Crippen LogP contribution < -0.4 is 0 Å². The van der Waals surface area contributed by atoms with Crippen LogP contribution in [0.4, 0.5) is 13.2 Å². The number of aliphatic hydroxyl groups is 1. The maximum Gasteiger partial charge on any atom is 0.194 e. The SMILES string of the molecule is OCCc1cn(-c2cc(F)c(F)c(F)c2)nn1. The lowest BCUT2D eigenvalue weighted by Gasteiger charge is -2.01. The third-order valence-corrected chi connectivity index (χ3v) is 2.14. The molecule has 17 heavy (non-hydrogen) atoms. The summed E-state index contributed by atoms with van der Waals surface area (Å²) >= 11 is 0. The van der Waals surface area contributed by atoms with E-state index in [0.29, 0.717) is 5.69 Å². The van der Waals surface area contributed by atoms with Gasteiger partial charge in [-0.15, -0.1) is 5.10 Å². The van der Waals surface area contributed by atoms with Gasteiger partial charge in [0.15, 0.2) is 17.5 Å². The highest BCUT2D eigenvalue weighted by Gasteiger charge is 2.12. The van der Waals surface area contributed by atoms with E-state index < -0.39 is 17.5 Å². The molecule has 0 aliphatic heterocycles. The van der Waals surface area contributed by atoms with Gasteiger partial charge >= 0.3 is 0 Å². The molecule has 0 aliphatic rings. The van der Waals surface area contributed by atoms with Crippen LogP contribution in [0.5, 0.6) is 0 Å². The average Bonchev–Trinajstić information content (AvgIpc) is 2.74. The first-order valence-corrected chi connectivity index (χ1v) is 4.79. The van der Waals surface area contributed by atoms with E-state index >= 15 is 0 Å². The van der Waals surface area contributed by atoms with E-state index in [1.54, 1.807) is 0 Å². The molecule has 0 atom stereocenters. The largest absolute Gasteiger partial charge is 0.396 e. The lowest BCUT2D eigenvalue weighted by Crippen LogP contribution is -1.99. The number of hydrogen-bond acceptors (Lipinski definition) is 3. The van der Waals surface area contributed by atoms with Gasteiger partial charge in [-0.3, -0.25) is 0 Å². The van der Waals surface area contributed by atoms with Gasteiger partial charge in [0.1, 0.15) is 0 Å². The molecule has 2 aromatic rings. The molecule has 0 amide bonds. The van der Waals surface area contributed by atoms with E-state index in [-0.39, 0.29) is 18.7 Å². The monoisotopic (exact) mass is 243 g/mol. The molecule has 1 N–H and O–H groups in total. The molecule has 1 heterocycles. The summed E-state index contributed by atoms with van der Waals surface area (Å²) in [5, 5.41) is 16.0. The molecule has 0 radical (unpaired) electrons. The standard InChI is InChI=1S/C10H8F3N3O/c11-8-3-7(4-9(12)10(8)13)16-5-6(1-2-17)14-15-16/h3-5,17H,1-2H2. The predicted molar refractivity (Wildman–Crippen MR) is 52.0 cm³/mol. The molecule has 0 spiro atoms. The zero-order valence-corrected chi connectivity index (χ0v) is 8.57. The van der Waals surface area contributed by atoms with Crippen LogP contribution in [0.25, 0.3) is 5.69 Å². The molecular weight excluding hydrogens is 235 g/mol. The van der Waals surface area contributed by atoms with E-state index in [9.17, 15) is 13.2 Å². The first-order chi connectivity index (χ1) is 8.11. The summed E-state index contributed by atoms with van der Waals surface area (Å²) in [6, 6.07) is 1.63. The summed E-state index contributed by atoms with van der Waals surface area (Å²) in [4.78, 5) is 0. The lowest BCUT2D eigenvalue weighted by atomic mass is 10.3. The molecule has 1 aromatic carbocycles. The molecule has 0 aliphatic carbocycles. The Hall–Kier alpha value is -1.89. The fraction of sp³-hybridized carbons (Fsp3) is 0.200. The van der Waals surface area contributed by atoms with E-state index in [1.165, 1.54) is 6.20 Å². The maximum absolute atomic E-state index is 13.0. The molecule has 0 saturated heterocycles. The van der Waals surface area contributed by atoms with Crippen molar-refractivity contribution in [2.24, 2.45) is 0 Å². The number of hydrogen-bond donors (Lipinski definition) is 1. The highest BCUT2D eigenvalue weighted by Crippen LogP contribution is 2.16. The highest BCUT2D eigenvalue weighted by molar-refractivity contribution is 5.32. The van der Waals surface area contributed by atoms with Gasteiger partial charge in [0, 0.05) is 25.2 Å². The number of rotatable bonds is 3. The summed E-state index contributed by atoms with van der Waals surface area (Å²) < 4.78 is 39.8. The summed E-state index contributed by atoms with van der Waals surface area (Å²) in [6.07, 6.45) is 1.69. The van der Waals surface area contributed by atoms with E-state index in [1.807, 2.05) is 0 Å². The van der Waals surface area contributed by atoms with Crippen molar-refractivity contribution in [3.05, 3.63) is 41.5 Å². The summed E-state index contributed by atoms with van der Waals surface area (Å²) in [6.45, 7) is -0.106. The Balaban J connectivity index is 2.39. The zero-order valence-electron chi connectivity index (χ0n) is 8.57. The number of benzene rings is 1. The van der Waals surface area contributed by atoms with Crippen LogP contribution in [-0.2, 0) is 6.42 Å². The molecule has 0 bridgehead atoms. The van der Waals surface area contributed by atoms with Crippen LogP contribution in [0.3, 0.4) is 0 Å². The average molecular weight is 243 g/mol. The summed E-state index contributed by atoms with van der Waals surface area (Å²) in [7, 11) is 0. The van der Waals surface area contributed by atoms with Crippen LogP contribution in [0, 0.1) is 17.5 Å². The molecule has 0 fully saturated rings. The van der Waals surface area contributed by atoms with Crippen LogP contribution in [0.2, 0.25) is 0 Å². The van der Waals surface area contributed by atoms with Crippen LogP contribution in [0.1, 0.15) is 5.69 Å². The maximum atomic E-state index is 13.0. The van der Waals surface area contributed by atoms with Crippen LogP contribution >= 0.6 is 0 Å². The fourth-order valence-corrected chi connectivity index (χ4v) is 1.33. The second-order valence-corrected chi connectivity index (χ2v) is 3.35. The Bertz CT molecular complexity index is 518. The minimum Gasteiger partial charge on any atom is -0.396 e. The van der Waals surface area contributed by atoms with Crippen LogP contribution in [0.15, 0.2) is 18.3 Å². The quantitative estimate of drug-likeness (QED) is 0.824. The number of halogens is 3. The molecule has 2 rings (SSSR count). The molecule has 0 saturated carbocycles. The second kappa shape index (κ2) is 4.54. The molecule has 1 aromatic heterocycles. The molecular formula is C10H8F3N3O. The Morgan fingerprint density at radius 1 is 1.18 bits per heavy atom. The first kappa shape index (κ1) is 11.6. The van der Waals surface area contributed by atoms with Crippen molar-refractivity contribution < 1.29 is 18.3 Å². The Morgan fingerprint density at radius 2 is 1.82 bits per heavy atom. The predicted octanol–water partition coefficient (Wildman–Crippen LogP) is 1.22. The van der Waals surface area contributed by atoms with Gasteiger partial charge in [0.05, 0.1) is 17.6 Å². The van der Waals surface area contributed by atoms with Gasteiger partial charge in [-0.25, -0.2) is 17.9 Å². The fourth-order valence-electron chi connectivity index (χ4n) is 1.33. The van der Waals surface area contributed by atoms with Crippen molar-refractivity contribution in [2.75, 3.05) is 6.61 Å². The zero-order chi connectivity index (χ0) is 12.4. The Kier molecular flexibility index (Phi) is 3.10. The van der Waals surface area contributed by atoms with Crippen molar-refractivity contribution in [1.82, 2.24) is 15.0 Å². The van der Waals surface area contributed by atoms with Crippen molar-refractivity contribution >= 4 is 0 Å². The molecule has 0 unspecified atom stereocenters. The highest BCUT2D eigenvalue weighted by atomic mass is 19.2. The van der Waals surface area contributed by atoms with E-state index in [2.05, 4.69) is 10.3 Å². The van der Waals surface area contributed by atoms with Gasteiger partial charge in [-0.1, -0.05) is 5.21 Å². The third-order valence-electron chi connectivity index (χ3n) is 2.14. The normalized spacial score (nSPS) is 10.8. The minimum atomic E-state index is -1.52.